The van der Waals surface area contributed by atoms with Gasteiger partial charge in [-0.25, -0.2) is 8.42 Å². The van der Waals surface area contributed by atoms with E-state index in [2.05, 4.69) is 5.32 Å². The number of ether oxygens (including phenoxy) is 2. The van der Waals surface area contributed by atoms with Gasteiger partial charge in [0.15, 0.2) is 6.10 Å². The summed E-state index contributed by atoms with van der Waals surface area (Å²) in [6.45, 7) is 7.98. The summed E-state index contributed by atoms with van der Waals surface area (Å²) in [5.41, 5.74) is 0. The second kappa shape index (κ2) is 10.1. The normalized spacial score (nSPS) is 17.0. The number of hydrogen-bond donors (Lipinski definition) is 1. The lowest BCUT2D eigenvalue weighted by Gasteiger charge is -2.30. The molecule has 162 valence electrons. The number of piperidine rings is 1. The van der Waals surface area contributed by atoms with Gasteiger partial charge in [-0.15, -0.1) is 0 Å². The summed E-state index contributed by atoms with van der Waals surface area (Å²) in [4.78, 5) is 23.9. The molecule has 1 aliphatic rings. The molecule has 1 saturated heterocycles. The number of amides is 1. The van der Waals surface area contributed by atoms with Gasteiger partial charge in [-0.05, 0) is 64.8 Å². The lowest BCUT2D eigenvalue weighted by atomic mass is 9.98. The van der Waals surface area contributed by atoms with E-state index in [9.17, 15) is 18.0 Å². The van der Waals surface area contributed by atoms with Gasteiger partial charge in [0.05, 0.1) is 17.4 Å². The van der Waals surface area contributed by atoms with Crippen LogP contribution in [-0.4, -0.2) is 56.4 Å². The fourth-order valence-electron chi connectivity index (χ4n) is 3.09. The van der Waals surface area contributed by atoms with Crippen molar-refractivity contribution in [3.63, 3.8) is 0 Å². The smallest absolute Gasteiger partial charge is 0.309 e. The van der Waals surface area contributed by atoms with Crippen molar-refractivity contribution in [2.75, 3.05) is 19.7 Å². The van der Waals surface area contributed by atoms with Crippen LogP contribution in [0.4, 0.5) is 0 Å². The third-order valence-electron chi connectivity index (χ3n) is 4.65. The van der Waals surface area contributed by atoms with Crippen molar-refractivity contribution in [1.29, 1.82) is 0 Å². The SMILES string of the molecule is CCOC(=O)C1CCN(S(=O)(=O)c2ccc(O[C@@H](C)C(=O)NC(C)C)cc2)CC1. The van der Waals surface area contributed by atoms with E-state index < -0.39 is 16.1 Å². The second-order valence-corrected chi connectivity index (χ2v) is 9.26. The van der Waals surface area contributed by atoms with Gasteiger partial charge in [-0.1, -0.05) is 0 Å². The Morgan fingerprint density at radius 1 is 1.14 bits per heavy atom. The molecule has 0 bridgehead atoms. The van der Waals surface area contributed by atoms with E-state index in [-0.39, 0.29) is 41.8 Å². The van der Waals surface area contributed by atoms with Crippen molar-refractivity contribution >= 4 is 21.9 Å². The monoisotopic (exact) mass is 426 g/mol. The summed E-state index contributed by atoms with van der Waals surface area (Å²) in [6.07, 6.45) is 0.200. The van der Waals surface area contributed by atoms with E-state index in [1.165, 1.54) is 28.6 Å². The Balaban J connectivity index is 1.98. The molecule has 8 nitrogen and oxygen atoms in total. The average molecular weight is 427 g/mol. The molecule has 1 aromatic rings. The van der Waals surface area contributed by atoms with Gasteiger partial charge in [-0.2, -0.15) is 4.31 Å². The fraction of sp³-hybridized carbons (Fsp3) is 0.600. The highest BCUT2D eigenvalue weighted by molar-refractivity contribution is 7.89. The third-order valence-corrected chi connectivity index (χ3v) is 6.56. The van der Waals surface area contributed by atoms with Crippen molar-refractivity contribution in [3.05, 3.63) is 24.3 Å². The van der Waals surface area contributed by atoms with Crippen LogP contribution in [0.15, 0.2) is 29.2 Å². The standard InChI is InChI=1S/C20H30N2O6S/c1-5-27-20(24)16-10-12-22(13-11-16)29(25,26)18-8-6-17(7-9-18)28-15(4)19(23)21-14(2)3/h6-9,14-16H,5,10-13H2,1-4H3,(H,21,23)/t15-/m0/s1. The van der Waals surface area contributed by atoms with Crippen molar-refractivity contribution in [2.45, 2.75) is 57.6 Å². The molecule has 0 spiro atoms. The molecule has 9 heteroatoms. The number of esters is 1. The molecule has 0 aromatic heterocycles. The number of benzene rings is 1. The van der Waals surface area contributed by atoms with E-state index in [0.717, 1.165) is 0 Å². The Morgan fingerprint density at radius 2 is 1.72 bits per heavy atom. The zero-order valence-electron chi connectivity index (χ0n) is 17.4. The average Bonchev–Trinajstić information content (AvgIpc) is 2.68. The molecule has 1 aromatic carbocycles. The molecular weight excluding hydrogens is 396 g/mol. The Bertz CT molecular complexity index is 799. The highest BCUT2D eigenvalue weighted by Gasteiger charge is 2.32. The Hall–Kier alpha value is -2.13. The van der Waals surface area contributed by atoms with Gasteiger partial charge in [-0.3, -0.25) is 9.59 Å². The van der Waals surface area contributed by atoms with Crippen LogP contribution in [0.5, 0.6) is 5.75 Å². The molecule has 1 atom stereocenters. The Kier molecular flexibility index (Phi) is 8.04. The predicted octanol–water partition coefficient (Wildman–Crippen LogP) is 1.94. The van der Waals surface area contributed by atoms with Crippen LogP contribution >= 0.6 is 0 Å². The van der Waals surface area contributed by atoms with Gasteiger partial charge >= 0.3 is 5.97 Å². The highest BCUT2D eigenvalue weighted by atomic mass is 32.2. The van der Waals surface area contributed by atoms with Gasteiger partial charge in [0, 0.05) is 19.1 Å². The molecule has 29 heavy (non-hydrogen) atoms. The maximum atomic E-state index is 12.9. The van der Waals surface area contributed by atoms with Crippen molar-refractivity contribution < 1.29 is 27.5 Å². The van der Waals surface area contributed by atoms with Gasteiger partial charge in [0.1, 0.15) is 5.75 Å². The largest absolute Gasteiger partial charge is 0.481 e. The molecule has 1 amide bonds. The number of carbonyl (C=O) groups excluding carboxylic acids is 2. The number of nitrogens with one attached hydrogen (secondary N) is 1. The number of sulfonamides is 1. The predicted molar refractivity (Wildman–Crippen MR) is 108 cm³/mol. The summed E-state index contributed by atoms with van der Waals surface area (Å²) in [5, 5.41) is 2.76. The first-order valence-electron chi connectivity index (χ1n) is 9.89. The Labute approximate surface area is 172 Å². The fourth-order valence-corrected chi connectivity index (χ4v) is 4.56. The van der Waals surface area contributed by atoms with Crippen LogP contribution in [0.1, 0.15) is 40.5 Å². The third kappa shape index (κ3) is 6.17. The maximum Gasteiger partial charge on any atom is 0.309 e. The maximum absolute atomic E-state index is 12.9. The molecule has 1 fully saturated rings. The Morgan fingerprint density at radius 3 is 2.24 bits per heavy atom. The van der Waals surface area contributed by atoms with E-state index in [0.29, 0.717) is 25.2 Å². The number of rotatable bonds is 8. The summed E-state index contributed by atoms with van der Waals surface area (Å²) < 4.78 is 37.7. The molecule has 0 unspecified atom stereocenters. The van der Waals surface area contributed by atoms with Crippen LogP contribution in [-0.2, 0) is 24.3 Å². The molecule has 0 aliphatic carbocycles. The van der Waals surface area contributed by atoms with Gasteiger partial charge < -0.3 is 14.8 Å². The summed E-state index contributed by atoms with van der Waals surface area (Å²) in [7, 11) is -3.65. The minimum Gasteiger partial charge on any atom is -0.481 e. The molecule has 2 rings (SSSR count). The number of hydrogen-bond acceptors (Lipinski definition) is 6. The van der Waals surface area contributed by atoms with E-state index in [4.69, 9.17) is 9.47 Å². The van der Waals surface area contributed by atoms with Crippen LogP contribution in [0.2, 0.25) is 0 Å². The van der Waals surface area contributed by atoms with Crippen LogP contribution in [0.25, 0.3) is 0 Å². The van der Waals surface area contributed by atoms with E-state index in [1.54, 1.807) is 13.8 Å². The molecule has 1 N–H and O–H groups in total. The summed E-state index contributed by atoms with van der Waals surface area (Å²) in [6, 6.07) is 6.02. The first-order chi connectivity index (χ1) is 13.6. The van der Waals surface area contributed by atoms with E-state index >= 15 is 0 Å². The first kappa shape index (κ1) is 23.2. The molecule has 0 radical (unpaired) electrons. The topological polar surface area (TPSA) is 102 Å². The molecule has 0 saturated carbocycles. The lowest BCUT2D eigenvalue weighted by molar-refractivity contribution is -0.149. The van der Waals surface area contributed by atoms with Crippen LogP contribution in [0.3, 0.4) is 0 Å². The quantitative estimate of drug-likeness (QED) is 0.638. The number of nitrogens with zero attached hydrogens (tertiary/aromatic N) is 1. The molecule has 1 aliphatic heterocycles. The van der Waals surface area contributed by atoms with Gasteiger partial charge in [0.25, 0.3) is 5.91 Å². The zero-order chi connectivity index (χ0) is 21.6. The molecular formula is C20H30N2O6S. The van der Waals surface area contributed by atoms with Crippen LogP contribution < -0.4 is 10.1 Å². The van der Waals surface area contributed by atoms with Crippen molar-refractivity contribution in [3.8, 4) is 5.75 Å². The van der Waals surface area contributed by atoms with Crippen molar-refractivity contribution in [1.82, 2.24) is 9.62 Å². The highest BCUT2D eigenvalue weighted by Crippen LogP contribution is 2.26. The summed E-state index contributed by atoms with van der Waals surface area (Å²) >= 11 is 0. The van der Waals surface area contributed by atoms with E-state index in [1.807, 2.05) is 13.8 Å². The van der Waals surface area contributed by atoms with Crippen LogP contribution in [0, 0.1) is 5.92 Å². The first-order valence-corrected chi connectivity index (χ1v) is 11.3. The second-order valence-electron chi connectivity index (χ2n) is 7.33. The van der Waals surface area contributed by atoms with Gasteiger partial charge in [0.2, 0.25) is 10.0 Å². The van der Waals surface area contributed by atoms with Crippen molar-refractivity contribution in [2.24, 2.45) is 5.92 Å². The minimum atomic E-state index is -3.65. The lowest BCUT2D eigenvalue weighted by Crippen LogP contribution is -2.40. The minimum absolute atomic E-state index is 0.00837. The summed E-state index contributed by atoms with van der Waals surface area (Å²) in [5.74, 6) is -0.338. The number of carbonyl (C=O) groups is 2. The zero-order valence-corrected chi connectivity index (χ0v) is 18.2. The molecule has 1 heterocycles.